The Hall–Kier alpha value is -0.620. The lowest BCUT2D eigenvalue weighted by Gasteiger charge is -2.12. The summed E-state index contributed by atoms with van der Waals surface area (Å²) in [6.07, 6.45) is 1.07. The first kappa shape index (κ1) is 14.8. The van der Waals surface area contributed by atoms with E-state index in [1.807, 2.05) is 0 Å². The molecule has 1 saturated carbocycles. The SMILES string of the molecule is Cc1c(CO)cc(Cl)cc1S(=O)(=O)NCC1CC1C. The van der Waals surface area contributed by atoms with Crippen molar-refractivity contribution in [2.24, 2.45) is 11.8 Å². The van der Waals surface area contributed by atoms with Gasteiger partial charge in [0.1, 0.15) is 0 Å². The number of hydrogen-bond donors (Lipinski definition) is 2. The highest BCUT2D eigenvalue weighted by Gasteiger charge is 2.33. The molecule has 0 amide bonds. The zero-order chi connectivity index (χ0) is 14.2. The molecule has 1 aromatic rings. The quantitative estimate of drug-likeness (QED) is 0.875. The van der Waals surface area contributed by atoms with Crippen LogP contribution in [0.15, 0.2) is 17.0 Å². The van der Waals surface area contributed by atoms with E-state index in [1.54, 1.807) is 13.0 Å². The number of halogens is 1. The Kier molecular flexibility index (Phi) is 4.20. The third-order valence-corrected chi connectivity index (χ3v) is 5.47. The predicted octanol–water partition coefficient (Wildman–Crippen LogP) is 2.08. The number of sulfonamides is 1. The van der Waals surface area contributed by atoms with Crippen molar-refractivity contribution in [2.75, 3.05) is 6.54 Å². The maximum Gasteiger partial charge on any atom is 0.240 e. The Morgan fingerprint density at radius 2 is 2.11 bits per heavy atom. The van der Waals surface area contributed by atoms with E-state index in [-0.39, 0.29) is 11.5 Å². The molecule has 2 N–H and O–H groups in total. The van der Waals surface area contributed by atoms with E-state index < -0.39 is 10.0 Å². The second-order valence-electron chi connectivity index (χ2n) is 5.17. The van der Waals surface area contributed by atoms with Crippen molar-refractivity contribution in [3.05, 3.63) is 28.3 Å². The molecule has 0 radical (unpaired) electrons. The average molecular weight is 304 g/mol. The fourth-order valence-corrected chi connectivity index (χ4v) is 3.84. The van der Waals surface area contributed by atoms with Gasteiger partial charge in [0.25, 0.3) is 0 Å². The minimum atomic E-state index is -3.57. The van der Waals surface area contributed by atoms with Crippen LogP contribution >= 0.6 is 11.6 Å². The minimum Gasteiger partial charge on any atom is -0.392 e. The van der Waals surface area contributed by atoms with Crippen LogP contribution in [0.4, 0.5) is 0 Å². The van der Waals surface area contributed by atoms with Crippen LogP contribution in [-0.2, 0) is 16.6 Å². The smallest absolute Gasteiger partial charge is 0.240 e. The Morgan fingerprint density at radius 3 is 2.63 bits per heavy atom. The molecule has 0 aliphatic heterocycles. The van der Waals surface area contributed by atoms with Gasteiger partial charge in [-0.1, -0.05) is 18.5 Å². The molecule has 2 unspecified atom stereocenters. The van der Waals surface area contributed by atoms with Gasteiger partial charge >= 0.3 is 0 Å². The molecular weight excluding hydrogens is 286 g/mol. The van der Waals surface area contributed by atoms with Crippen LogP contribution in [0.1, 0.15) is 24.5 Å². The van der Waals surface area contributed by atoms with E-state index >= 15 is 0 Å². The molecule has 0 heterocycles. The molecule has 19 heavy (non-hydrogen) atoms. The molecule has 106 valence electrons. The monoisotopic (exact) mass is 303 g/mol. The Bertz CT molecular complexity index is 586. The maximum atomic E-state index is 12.3. The van der Waals surface area contributed by atoms with E-state index in [9.17, 15) is 13.5 Å². The van der Waals surface area contributed by atoms with Crippen LogP contribution in [0.5, 0.6) is 0 Å². The summed E-state index contributed by atoms with van der Waals surface area (Å²) in [6.45, 7) is 4.02. The van der Waals surface area contributed by atoms with Gasteiger partial charge in [-0.05, 0) is 48.4 Å². The normalized spacial score (nSPS) is 22.5. The van der Waals surface area contributed by atoms with Crippen LogP contribution in [0, 0.1) is 18.8 Å². The maximum absolute atomic E-state index is 12.3. The lowest BCUT2D eigenvalue weighted by molar-refractivity contribution is 0.280. The Balaban J connectivity index is 2.26. The number of nitrogens with one attached hydrogen (secondary N) is 1. The van der Waals surface area contributed by atoms with E-state index in [4.69, 9.17) is 11.6 Å². The molecule has 2 atom stereocenters. The largest absolute Gasteiger partial charge is 0.392 e. The van der Waals surface area contributed by atoms with Gasteiger partial charge in [-0.25, -0.2) is 13.1 Å². The van der Waals surface area contributed by atoms with E-state index in [2.05, 4.69) is 11.6 Å². The van der Waals surface area contributed by atoms with Gasteiger partial charge in [0.05, 0.1) is 11.5 Å². The average Bonchev–Trinajstić information content (AvgIpc) is 3.05. The van der Waals surface area contributed by atoms with E-state index in [0.717, 1.165) is 6.42 Å². The van der Waals surface area contributed by atoms with Crippen LogP contribution in [-0.4, -0.2) is 20.1 Å². The number of aliphatic hydroxyl groups is 1. The van der Waals surface area contributed by atoms with Gasteiger partial charge < -0.3 is 5.11 Å². The predicted molar refractivity (Wildman–Crippen MR) is 74.6 cm³/mol. The van der Waals surface area contributed by atoms with Gasteiger partial charge in [0.15, 0.2) is 0 Å². The zero-order valence-electron chi connectivity index (χ0n) is 11.0. The second kappa shape index (κ2) is 5.40. The molecule has 1 aliphatic carbocycles. The van der Waals surface area contributed by atoms with Crippen molar-refractivity contribution in [1.82, 2.24) is 4.72 Å². The first-order valence-electron chi connectivity index (χ1n) is 6.24. The van der Waals surface area contributed by atoms with Gasteiger partial charge in [-0.2, -0.15) is 0 Å². The standard InChI is InChI=1S/C13H18ClNO3S/c1-8-3-10(8)6-15-19(17,18)13-5-12(14)4-11(7-16)9(13)2/h4-5,8,10,15-16H,3,6-7H2,1-2H3. The van der Waals surface area contributed by atoms with Gasteiger partial charge in [-0.3, -0.25) is 0 Å². The van der Waals surface area contributed by atoms with Gasteiger partial charge in [0, 0.05) is 11.6 Å². The zero-order valence-corrected chi connectivity index (χ0v) is 12.6. The minimum absolute atomic E-state index is 0.150. The van der Waals surface area contributed by atoms with Crippen LogP contribution < -0.4 is 4.72 Å². The lowest BCUT2D eigenvalue weighted by atomic mass is 10.1. The summed E-state index contributed by atoms with van der Waals surface area (Å²) in [4.78, 5) is 0.150. The van der Waals surface area contributed by atoms with Gasteiger partial charge in [-0.15, -0.1) is 0 Å². The van der Waals surface area contributed by atoms with Crippen molar-refractivity contribution in [3.63, 3.8) is 0 Å². The number of aliphatic hydroxyl groups excluding tert-OH is 1. The molecule has 1 aliphatic rings. The van der Waals surface area contributed by atoms with E-state index in [1.165, 1.54) is 6.07 Å². The molecular formula is C13H18ClNO3S. The first-order chi connectivity index (χ1) is 8.85. The molecule has 0 bridgehead atoms. The van der Waals surface area contributed by atoms with E-state index in [0.29, 0.717) is 34.5 Å². The first-order valence-corrected chi connectivity index (χ1v) is 8.11. The summed E-state index contributed by atoms with van der Waals surface area (Å²) in [5.74, 6) is 1.03. The Morgan fingerprint density at radius 1 is 1.47 bits per heavy atom. The van der Waals surface area contributed by atoms with Crippen molar-refractivity contribution in [2.45, 2.75) is 31.8 Å². The molecule has 0 spiro atoms. The highest BCUT2D eigenvalue weighted by Crippen LogP contribution is 2.37. The fourth-order valence-electron chi connectivity index (χ4n) is 2.13. The fraction of sp³-hybridized carbons (Fsp3) is 0.538. The summed E-state index contributed by atoms with van der Waals surface area (Å²) in [5, 5.41) is 9.54. The van der Waals surface area contributed by atoms with Crippen molar-refractivity contribution in [3.8, 4) is 0 Å². The molecule has 6 heteroatoms. The molecule has 1 aromatic carbocycles. The van der Waals surface area contributed by atoms with Crippen LogP contribution in [0.2, 0.25) is 5.02 Å². The highest BCUT2D eigenvalue weighted by molar-refractivity contribution is 7.89. The van der Waals surface area contributed by atoms with Crippen molar-refractivity contribution >= 4 is 21.6 Å². The number of hydrogen-bond acceptors (Lipinski definition) is 3. The number of rotatable bonds is 5. The summed E-state index contributed by atoms with van der Waals surface area (Å²) >= 11 is 5.90. The van der Waals surface area contributed by atoms with Crippen LogP contribution in [0.25, 0.3) is 0 Å². The topological polar surface area (TPSA) is 66.4 Å². The summed E-state index contributed by atoms with van der Waals surface area (Å²) in [5.41, 5.74) is 1.08. The van der Waals surface area contributed by atoms with Crippen molar-refractivity contribution in [1.29, 1.82) is 0 Å². The molecule has 2 rings (SSSR count). The Labute approximate surface area is 118 Å². The lowest BCUT2D eigenvalue weighted by Crippen LogP contribution is -2.27. The summed E-state index contributed by atoms with van der Waals surface area (Å²) < 4.78 is 27.1. The summed E-state index contributed by atoms with van der Waals surface area (Å²) in [7, 11) is -3.57. The summed E-state index contributed by atoms with van der Waals surface area (Å²) in [6, 6.07) is 3.01. The molecule has 4 nitrogen and oxygen atoms in total. The molecule has 0 aromatic heterocycles. The molecule has 1 fully saturated rings. The molecule has 0 saturated heterocycles. The van der Waals surface area contributed by atoms with Crippen molar-refractivity contribution < 1.29 is 13.5 Å². The van der Waals surface area contributed by atoms with Gasteiger partial charge in [0.2, 0.25) is 10.0 Å². The second-order valence-corrected chi connectivity index (χ2v) is 7.34. The third kappa shape index (κ3) is 3.28. The van der Waals surface area contributed by atoms with Crippen LogP contribution in [0.3, 0.4) is 0 Å². The number of benzene rings is 1. The highest BCUT2D eigenvalue weighted by atomic mass is 35.5. The third-order valence-electron chi connectivity index (χ3n) is 3.70.